The summed E-state index contributed by atoms with van der Waals surface area (Å²) in [6.45, 7) is 3.56. The van der Waals surface area contributed by atoms with Crippen molar-refractivity contribution in [1.82, 2.24) is 0 Å². The highest BCUT2D eigenvalue weighted by Gasteiger charge is 2.27. The summed E-state index contributed by atoms with van der Waals surface area (Å²) in [5.41, 5.74) is 5.35. The second-order valence-corrected chi connectivity index (χ2v) is 15.9. The molecule has 0 aromatic rings. The van der Waals surface area contributed by atoms with Gasteiger partial charge in [-0.15, -0.1) is 0 Å². The van der Waals surface area contributed by atoms with Crippen LogP contribution in [0, 0.1) is 0 Å². The largest absolute Gasteiger partial charge is 0.480 e. The van der Waals surface area contributed by atoms with Gasteiger partial charge in [0.05, 0.1) is 19.8 Å². The van der Waals surface area contributed by atoms with Gasteiger partial charge in [-0.05, 0) is 89.9 Å². The molecule has 0 aromatic heterocycles. The van der Waals surface area contributed by atoms with Crippen LogP contribution in [0.15, 0.2) is 97.2 Å². The lowest BCUT2D eigenvalue weighted by Gasteiger charge is -2.20. The van der Waals surface area contributed by atoms with Crippen molar-refractivity contribution in [2.24, 2.45) is 5.73 Å². The lowest BCUT2D eigenvalue weighted by atomic mass is 10.1. The Balaban J connectivity index is 4.28. The van der Waals surface area contributed by atoms with E-state index in [4.69, 9.17) is 29.4 Å². The van der Waals surface area contributed by atoms with E-state index in [9.17, 15) is 19.0 Å². The maximum absolute atomic E-state index is 12.6. The Bertz CT molecular complexity index is 1300. The molecule has 0 fully saturated rings. The van der Waals surface area contributed by atoms with Crippen molar-refractivity contribution >= 4 is 19.8 Å². The molecule has 3 atom stereocenters. The number of hydrogen-bond acceptors (Lipinski definition) is 8. The molecule has 11 heteroatoms. The average Bonchev–Trinajstić information content (AvgIpc) is 3.21. The van der Waals surface area contributed by atoms with Gasteiger partial charge in [0.2, 0.25) is 0 Å². The number of carbonyl (C=O) groups excluding carboxylic acids is 1. The summed E-state index contributed by atoms with van der Waals surface area (Å²) in [7, 11) is -4.64. The molecule has 0 aliphatic carbocycles. The van der Waals surface area contributed by atoms with Crippen molar-refractivity contribution in [3.05, 3.63) is 97.2 Å². The van der Waals surface area contributed by atoms with E-state index in [2.05, 4.69) is 111 Å². The van der Waals surface area contributed by atoms with Crippen LogP contribution in [-0.4, -0.2) is 60.5 Å². The number of carboxylic acids is 1. The minimum atomic E-state index is -4.64. The number of aliphatic carboxylic acids is 1. The molecule has 10 nitrogen and oxygen atoms in total. The van der Waals surface area contributed by atoms with E-state index >= 15 is 0 Å². The number of phosphoric ester groups is 1. The van der Waals surface area contributed by atoms with Crippen LogP contribution < -0.4 is 5.73 Å². The Labute approximate surface area is 358 Å². The van der Waals surface area contributed by atoms with E-state index in [0.29, 0.717) is 13.0 Å². The molecular weight excluding hydrogens is 765 g/mol. The first-order valence-corrected chi connectivity index (χ1v) is 23.8. The van der Waals surface area contributed by atoms with Gasteiger partial charge in [0.25, 0.3) is 0 Å². The van der Waals surface area contributed by atoms with Crippen LogP contribution >= 0.6 is 7.82 Å². The van der Waals surface area contributed by atoms with Crippen LogP contribution in [-0.2, 0) is 32.7 Å². The number of carboxylic acid groups (broad SMARTS) is 1. The molecule has 0 heterocycles. The number of ether oxygens (including phenoxy) is 2. The molecule has 0 bridgehead atoms. The molecule has 0 saturated carbocycles. The van der Waals surface area contributed by atoms with Crippen molar-refractivity contribution in [2.75, 3.05) is 26.4 Å². The highest BCUT2D eigenvalue weighted by Crippen LogP contribution is 2.43. The Morgan fingerprint density at radius 2 is 0.932 bits per heavy atom. The molecule has 3 unspecified atom stereocenters. The minimum Gasteiger partial charge on any atom is -0.480 e. The topological polar surface area (TPSA) is 155 Å². The number of esters is 1. The maximum Gasteiger partial charge on any atom is 0.472 e. The second kappa shape index (κ2) is 43.0. The summed E-state index contributed by atoms with van der Waals surface area (Å²) >= 11 is 0. The molecule has 0 aliphatic heterocycles. The average molecular weight is 846 g/mol. The summed E-state index contributed by atoms with van der Waals surface area (Å²) in [6.07, 6.45) is 56.1. The van der Waals surface area contributed by atoms with Gasteiger partial charge < -0.3 is 25.2 Å². The van der Waals surface area contributed by atoms with E-state index in [-0.39, 0.29) is 13.0 Å². The van der Waals surface area contributed by atoms with Crippen molar-refractivity contribution < 1.29 is 42.7 Å². The van der Waals surface area contributed by atoms with Crippen LogP contribution in [0.25, 0.3) is 0 Å². The highest BCUT2D eigenvalue weighted by atomic mass is 31.2. The van der Waals surface area contributed by atoms with Crippen molar-refractivity contribution in [2.45, 2.75) is 167 Å². The molecular formula is C48H80NO9P. The predicted molar refractivity (Wildman–Crippen MR) is 244 cm³/mol. The number of nitrogens with two attached hydrogens (primary N) is 1. The lowest BCUT2D eigenvalue weighted by Crippen LogP contribution is -2.34. The molecule has 336 valence electrons. The summed E-state index contributed by atoms with van der Waals surface area (Å²) in [5.74, 6) is -1.83. The predicted octanol–water partition coefficient (Wildman–Crippen LogP) is 12.5. The first-order chi connectivity index (χ1) is 28.7. The van der Waals surface area contributed by atoms with E-state index in [1.165, 1.54) is 38.5 Å². The van der Waals surface area contributed by atoms with Crippen LogP contribution in [0.5, 0.6) is 0 Å². The highest BCUT2D eigenvalue weighted by molar-refractivity contribution is 7.47. The fraction of sp³-hybridized carbons (Fsp3) is 0.625. The van der Waals surface area contributed by atoms with Gasteiger partial charge in [-0.1, -0.05) is 156 Å². The Hall–Kier alpha value is -3.11. The number of allylic oxidation sites excluding steroid dienone is 16. The third-order valence-electron chi connectivity index (χ3n) is 8.86. The van der Waals surface area contributed by atoms with Gasteiger partial charge in [-0.2, -0.15) is 0 Å². The van der Waals surface area contributed by atoms with E-state index in [1.54, 1.807) is 0 Å². The monoisotopic (exact) mass is 846 g/mol. The van der Waals surface area contributed by atoms with Gasteiger partial charge in [0, 0.05) is 13.0 Å². The van der Waals surface area contributed by atoms with E-state index < -0.39 is 45.1 Å². The smallest absolute Gasteiger partial charge is 0.472 e. The summed E-state index contributed by atoms with van der Waals surface area (Å²) in [5, 5.41) is 8.90. The molecule has 0 aromatic carbocycles. The minimum absolute atomic E-state index is 0.0107. The molecule has 0 amide bonds. The summed E-state index contributed by atoms with van der Waals surface area (Å²) in [6, 6.07) is -1.49. The molecule has 0 rings (SSSR count). The van der Waals surface area contributed by atoms with Crippen molar-refractivity contribution in [3.8, 4) is 0 Å². The van der Waals surface area contributed by atoms with Crippen molar-refractivity contribution in [1.29, 1.82) is 0 Å². The van der Waals surface area contributed by atoms with E-state index in [1.807, 2.05) is 0 Å². The van der Waals surface area contributed by atoms with Crippen LogP contribution in [0.1, 0.15) is 155 Å². The number of rotatable bonds is 41. The summed E-state index contributed by atoms with van der Waals surface area (Å²) in [4.78, 5) is 33.5. The number of carbonyl (C=O) groups is 2. The third-order valence-corrected chi connectivity index (χ3v) is 9.81. The van der Waals surface area contributed by atoms with Gasteiger partial charge in [0.1, 0.15) is 12.1 Å². The number of phosphoric acid groups is 1. The van der Waals surface area contributed by atoms with Crippen molar-refractivity contribution in [3.63, 3.8) is 0 Å². The van der Waals surface area contributed by atoms with Gasteiger partial charge in [0.15, 0.2) is 0 Å². The molecule has 0 aliphatic rings. The molecule has 0 saturated heterocycles. The Morgan fingerprint density at radius 3 is 1.39 bits per heavy atom. The fourth-order valence-corrected chi connectivity index (χ4v) is 6.24. The van der Waals surface area contributed by atoms with Crippen LogP contribution in [0.3, 0.4) is 0 Å². The van der Waals surface area contributed by atoms with Crippen LogP contribution in [0.2, 0.25) is 0 Å². The molecule has 4 N–H and O–H groups in total. The standard InChI is InChI=1S/C48H80NO9P/c1-3-5-7-9-11-13-15-17-19-20-21-22-23-24-25-27-29-31-33-35-37-39-41-55-42-45(43-56-59(53,54)57-44-46(49)48(51)52)58-47(50)40-38-36-34-32-30-28-26-18-16-14-12-10-8-6-4-2/h5-8,11-14,17-19,21-22,26,30,32,45-46H,3-4,9-10,15-16,20,23-25,27-29,31,33-44,49H2,1-2H3,(H,51,52)(H,53,54)/b7-5-,8-6-,13-11-,14-12-,19-17-,22-21-,26-18-,32-30-. The van der Waals surface area contributed by atoms with Gasteiger partial charge in [-0.25, -0.2) is 4.57 Å². The zero-order valence-electron chi connectivity index (χ0n) is 36.6. The Morgan fingerprint density at radius 1 is 0.542 bits per heavy atom. The van der Waals surface area contributed by atoms with Gasteiger partial charge in [-0.3, -0.25) is 18.6 Å². The number of unbranched alkanes of at least 4 members (excludes halogenated alkanes) is 11. The number of hydrogen-bond donors (Lipinski definition) is 3. The lowest BCUT2D eigenvalue weighted by molar-refractivity contribution is -0.154. The molecule has 0 radical (unpaired) electrons. The first-order valence-electron chi connectivity index (χ1n) is 22.3. The molecule has 59 heavy (non-hydrogen) atoms. The normalized spacial score (nSPS) is 14.8. The Kier molecular flexibility index (Phi) is 40.7. The quantitative estimate of drug-likeness (QED) is 0.0234. The SMILES string of the molecule is CC/C=C\C/C=C\C/C=C\C/C=C\CCCCCCCCCCCOCC(COP(=O)(O)OCC(N)C(=O)O)OC(=O)CCCC/C=C\C/C=C\C/C=C\C/C=C\CC. The molecule has 0 spiro atoms. The van der Waals surface area contributed by atoms with E-state index in [0.717, 1.165) is 89.9 Å². The third kappa shape index (κ3) is 42.8. The maximum atomic E-state index is 12.6. The zero-order chi connectivity index (χ0) is 43.3. The van der Waals surface area contributed by atoms with Gasteiger partial charge >= 0.3 is 19.8 Å². The first kappa shape index (κ1) is 55.9. The fourth-order valence-electron chi connectivity index (χ4n) is 5.47. The second-order valence-electron chi connectivity index (χ2n) is 14.4. The summed E-state index contributed by atoms with van der Waals surface area (Å²) < 4.78 is 33.3. The van der Waals surface area contributed by atoms with Crippen LogP contribution in [0.4, 0.5) is 0 Å². The zero-order valence-corrected chi connectivity index (χ0v) is 37.4.